The zero-order valence-corrected chi connectivity index (χ0v) is 18.2. The predicted molar refractivity (Wildman–Crippen MR) is 113 cm³/mol. The van der Waals surface area contributed by atoms with Crippen molar-refractivity contribution >= 4 is 5.97 Å². The van der Waals surface area contributed by atoms with Crippen LogP contribution in [0.25, 0.3) is 0 Å². The number of hydrogen-bond acceptors (Lipinski definition) is 6. The summed E-state index contributed by atoms with van der Waals surface area (Å²) in [6.45, 7) is 7.23. The number of esters is 1. The first-order valence-corrected chi connectivity index (χ1v) is 10.7. The van der Waals surface area contributed by atoms with E-state index in [0.29, 0.717) is 52.5 Å². The van der Waals surface area contributed by atoms with E-state index in [1.165, 1.54) is 24.7 Å². The van der Waals surface area contributed by atoms with Crippen LogP contribution < -0.4 is 0 Å². The Morgan fingerprint density at radius 1 is 0.724 bits per heavy atom. The molecule has 1 aromatic carbocycles. The molecule has 0 radical (unpaired) electrons. The molecule has 0 saturated heterocycles. The van der Waals surface area contributed by atoms with E-state index in [-0.39, 0.29) is 5.97 Å². The Balaban J connectivity index is 1.73. The summed E-state index contributed by atoms with van der Waals surface area (Å²) in [5.74, 6) is -0.200. The minimum Gasteiger partial charge on any atom is -0.469 e. The molecule has 1 rings (SSSR count). The summed E-state index contributed by atoms with van der Waals surface area (Å²) >= 11 is 0. The van der Waals surface area contributed by atoms with E-state index >= 15 is 0 Å². The monoisotopic (exact) mass is 410 g/mol. The quantitative estimate of drug-likeness (QED) is 0.253. The molecule has 0 aliphatic carbocycles. The SMILES string of the molecule is COC(=O)CCCOCCOCCOCCCCCCOCc1ccccc1C. The second kappa shape index (κ2) is 18.6. The van der Waals surface area contributed by atoms with E-state index in [2.05, 4.69) is 35.9 Å². The van der Waals surface area contributed by atoms with Crippen LogP contribution in [0.4, 0.5) is 0 Å². The molecule has 0 unspecified atom stereocenters. The number of benzene rings is 1. The van der Waals surface area contributed by atoms with Crippen molar-refractivity contribution in [2.75, 3.05) is 53.4 Å². The molecule has 0 N–H and O–H groups in total. The molecular weight excluding hydrogens is 372 g/mol. The van der Waals surface area contributed by atoms with Crippen molar-refractivity contribution in [2.24, 2.45) is 0 Å². The first-order chi connectivity index (χ1) is 14.2. The Labute approximate surface area is 175 Å². The van der Waals surface area contributed by atoms with Crippen LogP contribution >= 0.6 is 0 Å². The average molecular weight is 411 g/mol. The lowest BCUT2D eigenvalue weighted by Crippen LogP contribution is -2.11. The van der Waals surface area contributed by atoms with Gasteiger partial charge in [0.2, 0.25) is 0 Å². The molecule has 1 aromatic rings. The predicted octanol–water partition coefficient (Wildman–Crippen LogP) is 4.08. The van der Waals surface area contributed by atoms with Gasteiger partial charge in [0, 0.05) is 26.2 Å². The van der Waals surface area contributed by atoms with Gasteiger partial charge in [-0.15, -0.1) is 0 Å². The fraction of sp³-hybridized carbons (Fsp3) is 0.696. The van der Waals surface area contributed by atoms with Crippen molar-refractivity contribution in [1.82, 2.24) is 0 Å². The van der Waals surface area contributed by atoms with E-state index < -0.39 is 0 Å². The summed E-state index contributed by atoms with van der Waals surface area (Å²) in [5, 5.41) is 0. The second-order valence-electron chi connectivity index (χ2n) is 6.91. The van der Waals surface area contributed by atoms with Crippen LogP contribution in [-0.4, -0.2) is 59.3 Å². The minimum atomic E-state index is -0.200. The average Bonchev–Trinajstić information content (AvgIpc) is 2.73. The molecule has 0 aromatic heterocycles. The zero-order valence-electron chi connectivity index (χ0n) is 18.2. The van der Waals surface area contributed by atoms with Gasteiger partial charge in [-0.05, 0) is 37.3 Å². The highest BCUT2D eigenvalue weighted by Crippen LogP contribution is 2.09. The normalized spacial score (nSPS) is 11.0. The lowest BCUT2D eigenvalue weighted by Gasteiger charge is -2.08. The van der Waals surface area contributed by atoms with Crippen molar-refractivity contribution in [3.05, 3.63) is 35.4 Å². The molecule has 29 heavy (non-hydrogen) atoms. The van der Waals surface area contributed by atoms with Crippen LogP contribution in [0.1, 0.15) is 49.7 Å². The third kappa shape index (κ3) is 15.1. The van der Waals surface area contributed by atoms with Crippen molar-refractivity contribution < 1.29 is 28.5 Å². The van der Waals surface area contributed by atoms with Crippen LogP contribution in [-0.2, 0) is 35.1 Å². The molecule has 0 atom stereocenters. The summed E-state index contributed by atoms with van der Waals surface area (Å²) in [4.78, 5) is 10.9. The summed E-state index contributed by atoms with van der Waals surface area (Å²) < 4.78 is 26.7. The number of methoxy groups -OCH3 is 1. The van der Waals surface area contributed by atoms with Crippen LogP contribution in [0, 0.1) is 6.92 Å². The third-order valence-electron chi connectivity index (χ3n) is 4.49. The minimum absolute atomic E-state index is 0.200. The molecule has 0 fully saturated rings. The number of carbonyl (C=O) groups is 1. The fourth-order valence-corrected chi connectivity index (χ4v) is 2.68. The van der Waals surface area contributed by atoms with Crippen LogP contribution in [0.3, 0.4) is 0 Å². The number of rotatable bonds is 19. The smallest absolute Gasteiger partial charge is 0.305 e. The lowest BCUT2D eigenvalue weighted by molar-refractivity contribution is -0.141. The maximum Gasteiger partial charge on any atom is 0.305 e. The van der Waals surface area contributed by atoms with E-state index in [1.807, 2.05) is 0 Å². The molecule has 0 amide bonds. The van der Waals surface area contributed by atoms with Crippen molar-refractivity contribution in [3.8, 4) is 0 Å². The van der Waals surface area contributed by atoms with Gasteiger partial charge in [-0.2, -0.15) is 0 Å². The first-order valence-electron chi connectivity index (χ1n) is 10.7. The van der Waals surface area contributed by atoms with Gasteiger partial charge < -0.3 is 23.7 Å². The Morgan fingerprint density at radius 3 is 1.90 bits per heavy atom. The topological polar surface area (TPSA) is 63.2 Å². The molecule has 6 nitrogen and oxygen atoms in total. The van der Waals surface area contributed by atoms with Crippen molar-refractivity contribution in [1.29, 1.82) is 0 Å². The third-order valence-corrected chi connectivity index (χ3v) is 4.49. The molecule has 166 valence electrons. The van der Waals surface area contributed by atoms with Gasteiger partial charge in [-0.3, -0.25) is 4.79 Å². The standard InChI is InChI=1S/C23H38O6/c1-21-10-5-6-11-22(21)20-29-14-8-4-3-7-13-26-16-18-28-19-17-27-15-9-12-23(24)25-2/h5-6,10-11H,3-4,7-9,12-20H2,1-2H3. The Bertz CT molecular complexity index is 520. The molecule has 0 bridgehead atoms. The van der Waals surface area contributed by atoms with Gasteiger partial charge in [0.15, 0.2) is 0 Å². The fourth-order valence-electron chi connectivity index (χ4n) is 2.68. The van der Waals surface area contributed by atoms with E-state index in [9.17, 15) is 4.79 Å². The molecule has 0 aliphatic heterocycles. The van der Waals surface area contributed by atoms with Gasteiger partial charge in [-0.1, -0.05) is 37.1 Å². The van der Waals surface area contributed by atoms with E-state index in [4.69, 9.17) is 18.9 Å². The van der Waals surface area contributed by atoms with Gasteiger partial charge >= 0.3 is 5.97 Å². The van der Waals surface area contributed by atoms with Gasteiger partial charge in [0.25, 0.3) is 0 Å². The first kappa shape index (κ1) is 25.6. The van der Waals surface area contributed by atoms with E-state index in [1.54, 1.807) is 0 Å². The summed E-state index contributed by atoms with van der Waals surface area (Å²) in [6.07, 6.45) is 5.56. The molecule has 0 heterocycles. The van der Waals surface area contributed by atoms with Gasteiger partial charge in [0.05, 0.1) is 40.1 Å². The van der Waals surface area contributed by atoms with Crippen LogP contribution in [0.15, 0.2) is 24.3 Å². The largest absolute Gasteiger partial charge is 0.469 e. The highest BCUT2D eigenvalue weighted by Gasteiger charge is 1.99. The Morgan fingerprint density at radius 2 is 1.28 bits per heavy atom. The highest BCUT2D eigenvalue weighted by molar-refractivity contribution is 5.68. The number of aryl methyl sites for hydroxylation is 1. The maximum absolute atomic E-state index is 10.9. The van der Waals surface area contributed by atoms with Crippen LogP contribution in [0.2, 0.25) is 0 Å². The Kier molecular flexibility index (Phi) is 16.4. The molecule has 0 aliphatic rings. The van der Waals surface area contributed by atoms with Gasteiger partial charge in [0.1, 0.15) is 0 Å². The second-order valence-corrected chi connectivity index (χ2v) is 6.91. The summed E-state index contributed by atoms with van der Waals surface area (Å²) in [6, 6.07) is 8.35. The number of carbonyl (C=O) groups excluding carboxylic acids is 1. The highest BCUT2D eigenvalue weighted by atomic mass is 16.5. The van der Waals surface area contributed by atoms with Crippen molar-refractivity contribution in [2.45, 2.75) is 52.1 Å². The lowest BCUT2D eigenvalue weighted by atomic mass is 10.1. The maximum atomic E-state index is 10.9. The molecule has 0 spiro atoms. The summed E-state index contributed by atoms with van der Waals surface area (Å²) in [5.41, 5.74) is 2.56. The molecule has 0 saturated carbocycles. The number of ether oxygens (including phenoxy) is 5. The summed E-state index contributed by atoms with van der Waals surface area (Å²) in [7, 11) is 1.39. The number of unbranched alkanes of at least 4 members (excludes halogenated alkanes) is 3. The zero-order chi connectivity index (χ0) is 21.0. The van der Waals surface area contributed by atoms with Crippen LogP contribution in [0.5, 0.6) is 0 Å². The number of hydrogen-bond donors (Lipinski definition) is 0. The molecule has 6 heteroatoms. The molecular formula is C23H38O6. The van der Waals surface area contributed by atoms with Crippen molar-refractivity contribution in [3.63, 3.8) is 0 Å². The van der Waals surface area contributed by atoms with Gasteiger partial charge in [-0.25, -0.2) is 0 Å². The Hall–Kier alpha value is -1.47. The van der Waals surface area contributed by atoms with E-state index in [0.717, 1.165) is 32.5 Å².